The van der Waals surface area contributed by atoms with E-state index in [9.17, 15) is 4.79 Å². The maximum absolute atomic E-state index is 11.4. The number of thiazole rings is 1. The van der Waals surface area contributed by atoms with Crippen LogP contribution in [0.1, 0.15) is 29.2 Å². The second kappa shape index (κ2) is 4.58. The van der Waals surface area contributed by atoms with Crippen molar-refractivity contribution in [1.29, 1.82) is 0 Å². The lowest BCUT2D eigenvalue weighted by molar-refractivity contribution is 0.102. The van der Waals surface area contributed by atoms with Gasteiger partial charge in [0, 0.05) is 12.5 Å². The van der Waals surface area contributed by atoms with Gasteiger partial charge in [0.2, 0.25) is 0 Å². The molecule has 2 nitrogen and oxygen atoms in total. The normalized spacial score (nSPS) is 10.4. The molecule has 1 heterocycles. The summed E-state index contributed by atoms with van der Waals surface area (Å²) in [6, 6.07) is 9.97. The van der Waals surface area contributed by atoms with Crippen LogP contribution in [0.4, 0.5) is 0 Å². The van der Waals surface area contributed by atoms with E-state index in [1.807, 2.05) is 37.3 Å². The number of aromatic nitrogens is 1. The molecule has 1 aromatic carbocycles. The van der Waals surface area contributed by atoms with Crippen LogP contribution in [0, 0.1) is 0 Å². The molecule has 3 heteroatoms. The molecule has 2 rings (SSSR count). The average Bonchev–Trinajstić information content (AvgIpc) is 2.74. The molecule has 1 aromatic heterocycles. The summed E-state index contributed by atoms with van der Waals surface area (Å²) in [5.41, 5.74) is 1.99. The minimum Gasteiger partial charge on any atom is -0.294 e. The van der Waals surface area contributed by atoms with Crippen LogP contribution in [-0.2, 0) is 6.42 Å². The summed E-state index contributed by atoms with van der Waals surface area (Å²) in [5.74, 6) is 0.108. The molecular formula is C13H13NOS. The van der Waals surface area contributed by atoms with Gasteiger partial charge in [0.1, 0.15) is 5.01 Å². The fraction of sp³-hybridized carbons (Fsp3) is 0.231. The SMILES string of the molecule is CCc1nc(-c2ccccc2)sc1C(C)=O. The number of aryl methyl sites for hydroxylation is 1. The molecule has 0 saturated heterocycles. The van der Waals surface area contributed by atoms with E-state index < -0.39 is 0 Å². The Hall–Kier alpha value is -1.48. The highest BCUT2D eigenvalue weighted by Crippen LogP contribution is 2.28. The monoisotopic (exact) mass is 231 g/mol. The maximum Gasteiger partial charge on any atom is 0.171 e. The number of carbonyl (C=O) groups is 1. The van der Waals surface area contributed by atoms with Gasteiger partial charge in [0.25, 0.3) is 0 Å². The fourth-order valence-corrected chi connectivity index (χ4v) is 2.63. The lowest BCUT2D eigenvalue weighted by Crippen LogP contribution is -1.93. The van der Waals surface area contributed by atoms with Crippen molar-refractivity contribution in [2.24, 2.45) is 0 Å². The Kier molecular flexibility index (Phi) is 3.15. The third kappa shape index (κ3) is 2.04. The summed E-state index contributed by atoms with van der Waals surface area (Å²) in [6.45, 7) is 3.62. The van der Waals surface area contributed by atoms with Crippen LogP contribution in [0.25, 0.3) is 10.6 Å². The molecule has 0 aliphatic rings. The maximum atomic E-state index is 11.4. The first-order valence-corrected chi connectivity index (χ1v) is 6.10. The molecule has 82 valence electrons. The summed E-state index contributed by atoms with van der Waals surface area (Å²) in [7, 11) is 0. The number of hydrogen-bond acceptors (Lipinski definition) is 3. The zero-order chi connectivity index (χ0) is 11.5. The number of ketones is 1. The largest absolute Gasteiger partial charge is 0.294 e. The van der Waals surface area contributed by atoms with Crippen LogP contribution >= 0.6 is 11.3 Å². The van der Waals surface area contributed by atoms with Crippen LogP contribution in [0.15, 0.2) is 30.3 Å². The number of hydrogen-bond donors (Lipinski definition) is 0. The predicted octanol–water partition coefficient (Wildman–Crippen LogP) is 3.58. The molecule has 0 spiro atoms. The third-order valence-electron chi connectivity index (χ3n) is 2.37. The van der Waals surface area contributed by atoms with Crippen LogP contribution in [0.5, 0.6) is 0 Å². The van der Waals surface area contributed by atoms with Crippen molar-refractivity contribution in [2.75, 3.05) is 0 Å². The van der Waals surface area contributed by atoms with E-state index in [0.717, 1.165) is 27.6 Å². The quantitative estimate of drug-likeness (QED) is 0.756. The highest BCUT2D eigenvalue weighted by Gasteiger charge is 2.13. The highest BCUT2D eigenvalue weighted by atomic mass is 32.1. The van der Waals surface area contributed by atoms with Crippen molar-refractivity contribution in [2.45, 2.75) is 20.3 Å². The Labute approximate surface area is 99.0 Å². The number of carbonyl (C=O) groups excluding carboxylic acids is 1. The predicted molar refractivity (Wildman–Crippen MR) is 66.9 cm³/mol. The van der Waals surface area contributed by atoms with Crippen molar-refractivity contribution in [3.05, 3.63) is 40.9 Å². The standard InChI is InChI=1S/C13H13NOS/c1-3-11-12(9(2)15)16-13(14-11)10-7-5-4-6-8-10/h4-8H,3H2,1-2H3. The Morgan fingerprint density at radius 1 is 1.31 bits per heavy atom. The van der Waals surface area contributed by atoms with E-state index in [-0.39, 0.29) is 5.78 Å². The van der Waals surface area contributed by atoms with Crippen LogP contribution in [0.2, 0.25) is 0 Å². The van der Waals surface area contributed by atoms with E-state index >= 15 is 0 Å². The van der Waals surface area contributed by atoms with E-state index in [0.29, 0.717) is 0 Å². The van der Waals surface area contributed by atoms with Crippen molar-refractivity contribution in [3.63, 3.8) is 0 Å². The van der Waals surface area contributed by atoms with Crippen LogP contribution < -0.4 is 0 Å². The Bertz CT molecular complexity index is 502. The first kappa shape index (κ1) is 11.0. The molecule has 0 amide bonds. The topological polar surface area (TPSA) is 30.0 Å². The van der Waals surface area contributed by atoms with Gasteiger partial charge in [-0.1, -0.05) is 37.3 Å². The second-order valence-electron chi connectivity index (χ2n) is 3.57. The minimum absolute atomic E-state index is 0.108. The van der Waals surface area contributed by atoms with E-state index in [2.05, 4.69) is 4.98 Å². The summed E-state index contributed by atoms with van der Waals surface area (Å²) in [4.78, 5) is 16.8. The van der Waals surface area contributed by atoms with Gasteiger partial charge in [-0.05, 0) is 6.42 Å². The molecule has 0 bridgehead atoms. The lowest BCUT2D eigenvalue weighted by atomic mass is 10.2. The lowest BCUT2D eigenvalue weighted by Gasteiger charge is -1.92. The van der Waals surface area contributed by atoms with Gasteiger partial charge in [-0.2, -0.15) is 0 Å². The summed E-state index contributed by atoms with van der Waals surface area (Å²) < 4.78 is 0. The molecule has 0 N–H and O–H groups in total. The van der Waals surface area contributed by atoms with E-state index in [4.69, 9.17) is 0 Å². The zero-order valence-electron chi connectivity index (χ0n) is 9.36. The summed E-state index contributed by atoms with van der Waals surface area (Å²) >= 11 is 1.48. The minimum atomic E-state index is 0.108. The zero-order valence-corrected chi connectivity index (χ0v) is 10.2. The van der Waals surface area contributed by atoms with Gasteiger partial charge < -0.3 is 0 Å². The summed E-state index contributed by atoms with van der Waals surface area (Å²) in [5, 5.41) is 0.933. The van der Waals surface area contributed by atoms with Crippen LogP contribution in [-0.4, -0.2) is 10.8 Å². The van der Waals surface area contributed by atoms with Gasteiger partial charge in [0.15, 0.2) is 5.78 Å². The van der Waals surface area contributed by atoms with Gasteiger partial charge in [0.05, 0.1) is 10.6 Å². The van der Waals surface area contributed by atoms with E-state index in [1.165, 1.54) is 11.3 Å². The van der Waals surface area contributed by atoms with Gasteiger partial charge >= 0.3 is 0 Å². The Morgan fingerprint density at radius 2 is 2.00 bits per heavy atom. The van der Waals surface area contributed by atoms with Gasteiger partial charge in [-0.25, -0.2) is 4.98 Å². The molecule has 0 aliphatic carbocycles. The molecular weight excluding hydrogens is 218 g/mol. The van der Waals surface area contributed by atoms with Crippen LogP contribution in [0.3, 0.4) is 0 Å². The molecule has 0 atom stereocenters. The molecule has 2 aromatic rings. The first-order valence-electron chi connectivity index (χ1n) is 5.28. The molecule has 0 radical (unpaired) electrons. The number of nitrogens with zero attached hydrogens (tertiary/aromatic N) is 1. The van der Waals surface area contributed by atoms with Gasteiger partial charge in [-0.15, -0.1) is 11.3 Å². The molecule has 0 fully saturated rings. The van der Waals surface area contributed by atoms with E-state index in [1.54, 1.807) is 6.92 Å². The van der Waals surface area contributed by atoms with Gasteiger partial charge in [-0.3, -0.25) is 4.79 Å². The third-order valence-corrected chi connectivity index (χ3v) is 3.62. The second-order valence-corrected chi connectivity index (χ2v) is 4.57. The number of Topliss-reactive ketones (excluding diaryl/α,β-unsaturated/α-hetero) is 1. The number of rotatable bonds is 3. The van der Waals surface area contributed by atoms with Crippen molar-refractivity contribution in [3.8, 4) is 10.6 Å². The average molecular weight is 231 g/mol. The molecule has 0 aliphatic heterocycles. The van der Waals surface area contributed by atoms with Crippen molar-refractivity contribution >= 4 is 17.1 Å². The Morgan fingerprint density at radius 3 is 2.50 bits per heavy atom. The van der Waals surface area contributed by atoms with Crippen molar-refractivity contribution < 1.29 is 4.79 Å². The molecule has 16 heavy (non-hydrogen) atoms. The fourth-order valence-electron chi connectivity index (χ4n) is 1.57. The first-order chi connectivity index (χ1) is 7.72. The van der Waals surface area contributed by atoms with Crippen molar-refractivity contribution in [1.82, 2.24) is 4.98 Å². The Balaban J connectivity index is 2.48. The highest BCUT2D eigenvalue weighted by molar-refractivity contribution is 7.17. The summed E-state index contributed by atoms with van der Waals surface area (Å²) in [6.07, 6.45) is 0.804. The number of benzene rings is 1. The smallest absolute Gasteiger partial charge is 0.171 e. The molecule has 0 saturated carbocycles. The molecule has 0 unspecified atom stereocenters.